The second-order valence-corrected chi connectivity index (χ2v) is 16.3. The van der Waals surface area contributed by atoms with Crippen molar-refractivity contribution in [2.75, 3.05) is 0 Å². The Morgan fingerprint density at radius 2 is 1.27 bits per heavy atom. The molecule has 0 aliphatic heterocycles. The first-order valence-corrected chi connectivity index (χ1v) is 14.6. The fourth-order valence-electron chi connectivity index (χ4n) is 5.83. The molecule has 3 rings (SSSR count). The van der Waals surface area contributed by atoms with Crippen LogP contribution >= 0.6 is 18.9 Å². The van der Waals surface area contributed by atoms with Gasteiger partial charge in [-0.05, 0) is 0 Å². The summed E-state index contributed by atoms with van der Waals surface area (Å²) < 4.78 is 0.202. The fraction of sp³-hybridized carbons (Fsp3) is 0.739. The van der Waals surface area contributed by atoms with Crippen molar-refractivity contribution in [2.45, 2.75) is 106 Å². The van der Waals surface area contributed by atoms with E-state index in [1.165, 1.54) is 75.3 Å². The number of hydrogen-bond donors (Lipinski definition) is 0. The Morgan fingerprint density at radius 3 is 1.62 bits per heavy atom. The molecule has 1 atom stereocenters. The predicted molar refractivity (Wildman–Crippen MR) is 117 cm³/mol. The van der Waals surface area contributed by atoms with Crippen molar-refractivity contribution in [3.8, 4) is 0 Å². The minimum atomic E-state index is -1.84. The molecule has 3 heteroatoms. The van der Waals surface area contributed by atoms with Gasteiger partial charge in [-0.1, -0.05) is 0 Å². The van der Waals surface area contributed by atoms with E-state index in [2.05, 4.69) is 51.2 Å². The van der Waals surface area contributed by atoms with Gasteiger partial charge < -0.3 is 0 Å². The van der Waals surface area contributed by atoms with Gasteiger partial charge in [-0.25, -0.2) is 0 Å². The van der Waals surface area contributed by atoms with E-state index < -0.39 is 7.26 Å². The maximum absolute atomic E-state index is 7.19. The molecule has 2 aliphatic rings. The number of aryl methyl sites for hydroxylation is 2. The van der Waals surface area contributed by atoms with Crippen LogP contribution in [-0.4, -0.2) is 14.9 Å². The van der Waals surface area contributed by atoms with E-state index in [4.69, 9.17) is 11.6 Å². The molecule has 2 saturated carbocycles. The van der Waals surface area contributed by atoms with E-state index in [1.54, 1.807) is 5.30 Å². The van der Waals surface area contributed by atoms with Crippen molar-refractivity contribution in [3.63, 3.8) is 0 Å². The Kier molecular flexibility index (Phi) is 8.10. The van der Waals surface area contributed by atoms with E-state index in [1.807, 2.05) is 0 Å². The van der Waals surface area contributed by atoms with Gasteiger partial charge in [-0.2, -0.15) is 0 Å². The zero-order chi connectivity index (χ0) is 18.6. The van der Waals surface area contributed by atoms with Crippen molar-refractivity contribution in [2.24, 2.45) is 0 Å². The molecule has 0 nitrogen and oxygen atoms in total. The molecule has 0 spiro atoms. The van der Waals surface area contributed by atoms with Gasteiger partial charge in [-0.15, -0.1) is 0 Å². The molecule has 0 N–H and O–H groups in total. The summed E-state index contributed by atoms with van der Waals surface area (Å²) in [4.78, 5) is 0. The first kappa shape index (κ1) is 21.3. The molecule has 0 aromatic heterocycles. The summed E-state index contributed by atoms with van der Waals surface area (Å²) in [6.45, 7) is 4.61. The van der Waals surface area contributed by atoms with Crippen LogP contribution in [-0.2, 0) is 32.0 Å². The molecule has 1 aromatic rings. The van der Waals surface area contributed by atoms with Crippen LogP contribution in [0.3, 0.4) is 0 Å². The van der Waals surface area contributed by atoms with Crippen molar-refractivity contribution >= 4 is 24.2 Å². The number of hydrogen-bond acceptors (Lipinski definition) is 0. The van der Waals surface area contributed by atoms with Gasteiger partial charge in [0.15, 0.2) is 0 Å². The topological polar surface area (TPSA) is 0 Å². The second-order valence-electron chi connectivity index (χ2n) is 8.62. The molecule has 26 heavy (non-hydrogen) atoms. The normalized spacial score (nSPS) is 22.3. The molecule has 0 heterocycles. The van der Waals surface area contributed by atoms with Crippen molar-refractivity contribution in [1.82, 2.24) is 0 Å². The van der Waals surface area contributed by atoms with Crippen LogP contribution in [0, 0.1) is 0 Å². The van der Waals surface area contributed by atoms with Crippen LogP contribution in [0.1, 0.15) is 89.2 Å². The molecule has 1 unspecified atom stereocenters. The summed E-state index contributed by atoms with van der Waals surface area (Å²) in [5.41, 5.74) is 4.79. The molecule has 1 aromatic carbocycles. The zero-order valence-electron chi connectivity index (χ0n) is 16.6. The molecule has 2 aliphatic carbocycles. The molecule has 0 radical (unpaired) electrons. The standard InChI is InChI=1S/C23H37ClP.Pd/c1-3-19-15-20(4-2)17-23(16-19)25(18-24,21-11-7-5-8-12-21)22-13-9-6-10-14-22;/h15-18,21-22,25H,3-14H2,1-2H3;. The fourth-order valence-corrected chi connectivity index (χ4v) is 16.3. The van der Waals surface area contributed by atoms with Crippen molar-refractivity contribution < 1.29 is 19.2 Å². The quantitative estimate of drug-likeness (QED) is 0.233. The first-order chi connectivity index (χ1) is 12.6. The van der Waals surface area contributed by atoms with Crippen molar-refractivity contribution in [3.05, 3.63) is 29.3 Å². The summed E-state index contributed by atoms with van der Waals surface area (Å²) >= 11 is 10.9. The van der Waals surface area contributed by atoms with E-state index in [9.17, 15) is 0 Å². The van der Waals surface area contributed by atoms with Gasteiger partial charge >= 0.3 is 179 Å². The Morgan fingerprint density at radius 1 is 0.846 bits per heavy atom. The van der Waals surface area contributed by atoms with Crippen LogP contribution in [0.5, 0.6) is 0 Å². The van der Waals surface area contributed by atoms with Crippen LogP contribution in [0.15, 0.2) is 18.2 Å². The third-order valence-corrected chi connectivity index (χ3v) is 16.4. The Labute approximate surface area is 178 Å². The number of rotatable bonds is 6. The molecule has 2 fully saturated rings. The Bertz CT molecular complexity index is 533. The minimum absolute atomic E-state index is 0.202. The summed E-state index contributed by atoms with van der Waals surface area (Å²) in [6, 6.07) is 7.60. The van der Waals surface area contributed by atoms with Crippen LogP contribution in [0.4, 0.5) is 0 Å². The summed E-state index contributed by atoms with van der Waals surface area (Å²) in [5.74, 6) is 0. The van der Waals surface area contributed by atoms with Crippen LogP contribution < -0.4 is 5.30 Å². The van der Waals surface area contributed by atoms with Gasteiger partial charge in [0.05, 0.1) is 0 Å². The number of halogens is 1. The Balaban J connectivity index is 2.14. The predicted octanol–water partition coefficient (Wildman–Crippen LogP) is 6.92. The summed E-state index contributed by atoms with van der Waals surface area (Å²) in [5, 5.41) is 1.69. The number of benzene rings is 1. The third-order valence-electron chi connectivity index (χ3n) is 7.26. The molecule has 151 valence electrons. The monoisotopic (exact) mass is 485 g/mol. The van der Waals surface area contributed by atoms with Crippen LogP contribution in [0.2, 0.25) is 0 Å². The van der Waals surface area contributed by atoms with Gasteiger partial charge in [0.1, 0.15) is 0 Å². The second kappa shape index (κ2) is 9.88. The average Bonchev–Trinajstić information content (AvgIpc) is 2.69. The molecular formula is C23H37ClPPd. The average molecular weight is 486 g/mol. The molecular weight excluding hydrogens is 449 g/mol. The zero-order valence-corrected chi connectivity index (χ0v) is 20.0. The summed E-state index contributed by atoms with van der Waals surface area (Å²) in [6.07, 6.45) is 16.5. The Hall–Kier alpha value is 0.602. The van der Waals surface area contributed by atoms with Gasteiger partial charge in [0.25, 0.3) is 0 Å². The third kappa shape index (κ3) is 4.28. The molecule has 0 saturated heterocycles. The van der Waals surface area contributed by atoms with E-state index >= 15 is 0 Å². The summed E-state index contributed by atoms with van der Waals surface area (Å²) in [7, 11) is -1.84. The van der Waals surface area contributed by atoms with Crippen molar-refractivity contribution in [1.29, 1.82) is 0 Å². The van der Waals surface area contributed by atoms with Crippen LogP contribution in [0.25, 0.3) is 0 Å². The van der Waals surface area contributed by atoms with Gasteiger partial charge in [-0.3, -0.25) is 0 Å². The number of alkyl halides is 1. The SMILES string of the molecule is CCc1cc(CC)cc([PH]([CH](Cl)[Pd])(C2CCCCC2)C2CCCCC2)c1. The van der Waals surface area contributed by atoms with E-state index in [-0.39, 0.29) is 3.59 Å². The van der Waals surface area contributed by atoms with E-state index in [0.29, 0.717) is 0 Å². The molecule has 0 amide bonds. The van der Waals surface area contributed by atoms with Gasteiger partial charge in [0, 0.05) is 0 Å². The van der Waals surface area contributed by atoms with Gasteiger partial charge in [0.2, 0.25) is 0 Å². The van der Waals surface area contributed by atoms with E-state index in [0.717, 1.165) is 24.2 Å². The molecule has 0 bridgehead atoms. The maximum atomic E-state index is 7.19. The first-order valence-electron chi connectivity index (χ1n) is 11.0.